The van der Waals surface area contributed by atoms with E-state index < -0.39 is 0 Å². The van der Waals surface area contributed by atoms with Gasteiger partial charge in [0.05, 0.1) is 11.4 Å². The summed E-state index contributed by atoms with van der Waals surface area (Å²) in [5.74, 6) is 1.15. The highest BCUT2D eigenvalue weighted by molar-refractivity contribution is 6.30. The largest absolute Gasteiger partial charge is 0.369 e. The van der Waals surface area contributed by atoms with E-state index in [2.05, 4.69) is 12.2 Å². The lowest BCUT2D eigenvalue weighted by Gasteiger charge is -2.06. The molecule has 1 aromatic carbocycles. The molecule has 1 aromatic heterocycles. The minimum Gasteiger partial charge on any atom is -0.369 e. The Labute approximate surface area is 118 Å². The zero-order chi connectivity index (χ0) is 13.2. The Morgan fingerprint density at radius 2 is 2.32 bits per heavy atom. The van der Waals surface area contributed by atoms with Gasteiger partial charge in [0.1, 0.15) is 5.82 Å². The molecule has 19 heavy (non-hydrogen) atoms. The van der Waals surface area contributed by atoms with Crippen molar-refractivity contribution in [1.29, 1.82) is 0 Å². The Morgan fingerprint density at radius 3 is 3.11 bits per heavy atom. The number of hydrogen-bond donors (Lipinski definition) is 1. The first kappa shape index (κ1) is 12.5. The van der Waals surface area contributed by atoms with Crippen LogP contribution in [0.3, 0.4) is 0 Å². The molecule has 4 heteroatoms. The maximum absolute atomic E-state index is 6.07. The normalized spacial score (nSPS) is 13.4. The van der Waals surface area contributed by atoms with Crippen LogP contribution in [-0.4, -0.2) is 16.3 Å². The summed E-state index contributed by atoms with van der Waals surface area (Å²) in [7, 11) is 0. The summed E-state index contributed by atoms with van der Waals surface area (Å²) >= 11 is 6.07. The minimum absolute atomic E-state index is 0.745. The Bertz CT molecular complexity index is 589. The number of nitrogens with one attached hydrogen (secondary N) is 1. The minimum atomic E-state index is 0.745. The fourth-order valence-electron chi connectivity index (χ4n) is 2.59. The molecule has 0 radical (unpaired) electrons. The third kappa shape index (κ3) is 2.35. The van der Waals surface area contributed by atoms with E-state index in [0.717, 1.165) is 35.9 Å². The molecule has 0 amide bonds. The van der Waals surface area contributed by atoms with Gasteiger partial charge in [-0.1, -0.05) is 31.0 Å². The van der Waals surface area contributed by atoms with Crippen molar-refractivity contribution in [2.75, 3.05) is 11.9 Å². The highest BCUT2D eigenvalue weighted by Gasteiger charge is 2.22. The van der Waals surface area contributed by atoms with E-state index in [1.165, 1.54) is 24.1 Å². The Kier molecular flexibility index (Phi) is 3.47. The van der Waals surface area contributed by atoms with Crippen molar-refractivity contribution < 1.29 is 0 Å². The molecule has 1 N–H and O–H groups in total. The average molecular weight is 276 g/mol. The lowest BCUT2D eigenvalue weighted by atomic mass is 10.1. The molecule has 2 heterocycles. The topological polar surface area (TPSA) is 29.9 Å². The van der Waals surface area contributed by atoms with E-state index in [4.69, 9.17) is 16.7 Å². The monoisotopic (exact) mass is 275 g/mol. The third-order valence-electron chi connectivity index (χ3n) is 3.55. The number of nitrogens with zero attached hydrogens (tertiary/aromatic N) is 2. The molecule has 3 rings (SSSR count). The number of anilines is 1. The second-order valence-corrected chi connectivity index (χ2v) is 5.38. The van der Waals surface area contributed by atoms with Gasteiger partial charge in [-0.15, -0.1) is 0 Å². The number of hydrogen-bond acceptors (Lipinski definition) is 2. The number of halogens is 1. The van der Waals surface area contributed by atoms with Gasteiger partial charge in [0, 0.05) is 17.1 Å². The molecule has 100 valence electrons. The van der Waals surface area contributed by atoms with Crippen LogP contribution in [-0.2, 0) is 12.8 Å². The van der Waals surface area contributed by atoms with Gasteiger partial charge in [0.15, 0.2) is 0 Å². The highest BCUT2D eigenvalue weighted by Crippen LogP contribution is 2.30. The van der Waals surface area contributed by atoms with Gasteiger partial charge in [-0.2, -0.15) is 5.10 Å². The number of unbranched alkanes of at least 4 members (excludes halogenated alkanes) is 1. The quantitative estimate of drug-likeness (QED) is 0.919. The van der Waals surface area contributed by atoms with E-state index >= 15 is 0 Å². The lowest BCUT2D eigenvalue weighted by molar-refractivity contribution is 0.744. The molecule has 1 aliphatic rings. The molecule has 0 fully saturated rings. The summed E-state index contributed by atoms with van der Waals surface area (Å²) < 4.78 is 2.00. The first-order valence-electron chi connectivity index (χ1n) is 6.90. The van der Waals surface area contributed by atoms with Gasteiger partial charge in [0.2, 0.25) is 0 Å². The van der Waals surface area contributed by atoms with Crippen LogP contribution in [0.25, 0.3) is 5.69 Å². The van der Waals surface area contributed by atoms with Gasteiger partial charge in [-0.25, -0.2) is 4.68 Å². The molecular formula is C15H18ClN3. The molecule has 0 unspecified atom stereocenters. The molecule has 3 nitrogen and oxygen atoms in total. The predicted octanol–water partition coefficient (Wildman–Crippen LogP) is 3.84. The van der Waals surface area contributed by atoms with Crippen LogP contribution in [0.4, 0.5) is 5.82 Å². The maximum atomic E-state index is 6.07. The van der Waals surface area contributed by atoms with Gasteiger partial charge in [-0.3, -0.25) is 0 Å². The lowest BCUT2D eigenvalue weighted by Crippen LogP contribution is -2.05. The molecule has 0 aliphatic carbocycles. The van der Waals surface area contributed by atoms with Crippen LogP contribution in [0.5, 0.6) is 0 Å². The van der Waals surface area contributed by atoms with Crippen LogP contribution < -0.4 is 5.32 Å². The SMILES string of the molecule is CCCCc1nn(-c2cccc(Cl)c2)c2c1CCN2. The van der Waals surface area contributed by atoms with E-state index in [1.54, 1.807) is 0 Å². The van der Waals surface area contributed by atoms with Crippen molar-refractivity contribution in [3.8, 4) is 5.69 Å². The van der Waals surface area contributed by atoms with Gasteiger partial charge < -0.3 is 5.32 Å². The van der Waals surface area contributed by atoms with Crippen molar-refractivity contribution in [3.63, 3.8) is 0 Å². The Hall–Kier alpha value is -1.48. The molecule has 0 saturated carbocycles. The third-order valence-corrected chi connectivity index (χ3v) is 3.79. The first-order valence-corrected chi connectivity index (χ1v) is 7.28. The van der Waals surface area contributed by atoms with Crippen LogP contribution in [0.2, 0.25) is 5.02 Å². The molecule has 0 spiro atoms. The van der Waals surface area contributed by atoms with E-state index in [1.807, 2.05) is 28.9 Å². The molecule has 0 bridgehead atoms. The smallest absolute Gasteiger partial charge is 0.133 e. The fraction of sp³-hybridized carbons (Fsp3) is 0.400. The molecule has 1 aliphatic heterocycles. The standard InChI is InChI=1S/C15H18ClN3/c1-2-3-7-14-13-8-9-17-15(13)19(18-14)12-6-4-5-11(16)10-12/h4-6,10,17H,2-3,7-9H2,1H3. The van der Waals surface area contributed by atoms with E-state index in [9.17, 15) is 0 Å². The fourth-order valence-corrected chi connectivity index (χ4v) is 2.77. The molecule has 0 atom stereocenters. The second-order valence-electron chi connectivity index (χ2n) is 4.95. The van der Waals surface area contributed by atoms with Crippen molar-refractivity contribution in [1.82, 2.24) is 9.78 Å². The van der Waals surface area contributed by atoms with Crippen LogP contribution in [0.1, 0.15) is 31.0 Å². The zero-order valence-electron chi connectivity index (χ0n) is 11.1. The van der Waals surface area contributed by atoms with Crippen molar-refractivity contribution in [2.24, 2.45) is 0 Å². The highest BCUT2D eigenvalue weighted by atomic mass is 35.5. The van der Waals surface area contributed by atoms with Gasteiger partial charge >= 0.3 is 0 Å². The summed E-state index contributed by atoms with van der Waals surface area (Å²) in [6.07, 6.45) is 4.54. The number of benzene rings is 1. The Morgan fingerprint density at radius 1 is 1.42 bits per heavy atom. The summed E-state index contributed by atoms with van der Waals surface area (Å²) in [4.78, 5) is 0. The second kappa shape index (κ2) is 5.25. The number of rotatable bonds is 4. The number of aryl methyl sites for hydroxylation is 1. The molecule has 2 aromatic rings. The summed E-state index contributed by atoms with van der Waals surface area (Å²) in [6, 6.07) is 7.85. The molecule has 0 saturated heterocycles. The summed E-state index contributed by atoms with van der Waals surface area (Å²) in [5.41, 5.74) is 3.65. The van der Waals surface area contributed by atoms with Crippen LogP contribution in [0, 0.1) is 0 Å². The summed E-state index contributed by atoms with van der Waals surface area (Å²) in [5, 5.41) is 8.96. The van der Waals surface area contributed by atoms with E-state index in [-0.39, 0.29) is 0 Å². The van der Waals surface area contributed by atoms with Gasteiger partial charge in [-0.05, 0) is 37.5 Å². The maximum Gasteiger partial charge on any atom is 0.133 e. The van der Waals surface area contributed by atoms with Gasteiger partial charge in [0.25, 0.3) is 0 Å². The predicted molar refractivity (Wildman–Crippen MR) is 79.4 cm³/mol. The number of fused-ring (bicyclic) bond motifs is 1. The van der Waals surface area contributed by atoms with Crippen LogP contribution >= 0.6 is 11.6 Å². The van der Waals surface area contributed by atoms with Crippen molar-refractivity contribution >= 4 is 17.4 Å². The number of aromatic nitrogens is 2. The average Bonchev–Trinajstić information content (AvgIpc) is 2.98. The summed E-state index contributed by atoms with van der Waals surface area (Å²) in [6.45, 7) is 3.22. The van der Waals surface area contributed by atoms with Crippen molar-refractivity contribution in [3.05, 3.63) is 40.5 Å². The van der Waals surface area contributed by atoms with E-state index in [0.29, 0.717) is 0 Å². The first-order chi connectivity index (χ1) is 9.29. The zero-order valence-corrected chi connectivity index (χ0v) is 11.9. The Balaban J connectivity index is 2.02. The van der Waals surface area contributed by atoms with Crippen LogP contribution in [0.15, 0.2) is 24.3 Å². The molecular weight excluding hydrogens is 258 g/mol. The van der Waals surface area contributed by atoms with Crippen molar-refractivity contribution in [2.45, 2.75) is 32.6 Å².